The van der Waals surface area contributed by atoms with Gasteiger partial charge in [-0.25, -0.2) is 13.4 Å². The summed E-state index contributed by atoms with van der Waals surface area (Å²) >= 11 is 0. The van der Waals surface area contributed by atoms with Crippen LogP contribution in [-0.2, 0) is 14.7 Å². The Kier molecular flexibility index (Phi) is 5.55. The van der Waals surface area contributed by atoms with Crippen LogP contribution in [0.4, 0.5) is 0 Å². The number of nitrogens with zero attached hydrogens (tertiary/aromatic N) is 4. The molecule has 1 aromatic heterocycles. The molecule has 0 saturated carbocycles. The molecule has 4 rings (SSSR count). The number of aromatic nitrogens is 2. The van der Waals surface area contributed by atoms with Gasteiger partial charge in [-0.15, -0.1) is 0 Å². The highest BCUT2D eigenvalue weighted by atomic mass is 32.2. The first-order valence-corrected chi connectivity index (χ1v) is 11.9. The van der Waals surface area contributed by atoms with E-state index in [1.807, 2.05) is 35.9 Å². The normalized spacial score (nSPS) is 20.5. The van der Waals surface area contributed by atoms with Gasteiger partial charge in [-0.3, -0.25) is 0 Å². The Bertz CT molecular complexity index is 1100. The van der Waals surface area contributed by atoms with Crippen LogP contribution in [0.1, 0.15) is 24.1 Å². The van der Waals surface area contributed by atoms with Crippen LogP contribution in [-0.4, -0.2) is 67.0 Å². The van der Waals surface area contributed by atoms with E-state index in [-0.39, 0.29) is 18.4 Å². The van der Waals surface area contributed by atoms with Crippen molar-refractivity contribution in [2.75, 3.05) is 32.3 Å². The molecule has 0 amide bonds. The molecule has 8 nitrogen and oxygen atoms in total. The molecule has 3 heterocycles. The first kappa shape index (κ1) is 20.5. The second kappa shape index (κ2) is 8.14. The minimum atomic E-state index is -3.11. The minimum Gasteiger partial charge on any atom is -0.495 e. The zero-order valence-corrected chi connectivity index (χ0v) is 18.2. The van der Waals surface area contributed by atoms with Gasteiger partial charge in [0, 0.05) is 19.0 Å². The minimum absolute atomic E-state index is 0.0616. The van der Waals surface area contributed by atoms with Gasteiger partial charge >= 0.3 is 0 Å². The maximum absolute atomic E-state index is 11.8. The number of rotatable bonds is 5. The molecule has 0 N–H and O–H groups in total. The van der Waals surface area contributed by atoms with Gasteiger partial charge in [0.05, 0.1) is 36.6 Å². The third-order valence-corrected chi connectivity index (χ3v) is 6.28. The van der Waals surface area contributed by atoms with Gasteiger partial charge < -0.3 is 19.0 Å². The lowest BCUT2D eigenvalue weighted by atomic mass is 9.98. The molecule has 1 saturated heterocycles. The van der Waals surface area contributed by atoms with Crippen molar-refractivity contribution in [1.82, 2.24) is 14.5 Å². The molecule has 1 aromatic carbocycles. The standard InChI is InChI=1S/C21H26N4O4S/c1-15-11-24(14-22-15)19-7-6-16(10-20(19)28-2)9-17-5-4-8-25-18(13-30(3,26)27)12-29-23-21(17)25/h6-7,9-11,14,18H,4-5,8,12-13H2,1-3H3/t18-/m1/s1. The summed E-state index contributed by atoms with van der Waals surface area (Å²) in [6, 6.07) is 5.79. The van der Waals surface area contributed by atoms with Crippen LogP contribution in [0.5, 0.6) is 5.75 Å². The number of hydrogen-bond donors (Lipinski definition) is 0. The second-order valence-corrected chi connectivity index (χ2v) is 9.96. The van der Waals surface area contributed by atoms with Crippen molar-refractivity contribution < 1.29 is 18.0 Å². The highest BCUT2D eigenvalue weighted by Gasteiger charge is 2.33. The fraction of sp³-hybridized carbons (Fsp3) is 0.429. The van der Waals surface area contributed by atoms with E-state index in [0.717, 1.165) is 53.5 Å². The maximum atomic E-state index is 11.8. The third kappa shape index (κ3) is 4.35. The van der Waals surface area contributed by atoms with E-state index in [1.165, 1.54) is 6.26 Å². The number of oxime groups is 1. The summed E-state index contributed by atoms with van der Waals surface area (Å²) in [6.07, 6.45) is 8.84. The molecule has 2 aliphatic heterocycles. The monoisotopic (exact) mass is 430 g/mol. The van der Waals surface area contributed by atoms with Crippen LogP contribution >= 0.6 is 0 Å². The van der Waals surface area contributed by atoms with Crippen molar-refractivity contribution in [2.45, 2.75) is 25.8 Å². The average molecular weight is 431 g/mol. The van der Waals surface area contributed by atoms with E-state index in [0.29, 0.717) is 0 Å². The average Bonchev–Trinajstić information content (AvgIpc) is 3.13. The SMILES string of the molecule is COc1cc(C=C2CCCN3C2=NOC[C@@H]3CS(C)(=O)=O)ccc1-n1cnc(C)c1. The van der Waals surface area contributed by atoms with E-state index in [9.17, 15) is 8.42 Å². The van der Waals surface area contributed by atoms with E-state index < -0.39 is 9.84 Å². The molecule has 0 spiro atoms. The van der Waals surface area contributed by atoms with E-state index >= 15 is 0 Å². The Labute approximate surface area is 176 Å². The van der Waals surface area contributed by atoms with Gasteiger partial charge in [0.1, 0.15) is 22.2 Å². The zero-order chi connectivity index (χ0) is 21.3. The van der Waals surface area contributed by atoms with Gasteiger partial charge in [0.25, 0.3) is 0 Å². The van der Waals surface area contributed by atoms with Crippen LogP contribution in [0.2, 0.25) is 0 Å². The summed E-state index contributed by atoms with van der Waals surface area (Å²) in [5.41, 5.74) is 3.87. The van der Waals surface area contributed by atoms with Crippen molar-refractivity contribution in [3.63, 3.8) is 0 Å². The molecular formula is C21H26N4O4S. The zero-order valence-electron chi connectivity index (χ0n) is 17.4. The summed E-state index contributed by atoms with van der Waals surface area (Å²) in [7, 11) is -1.46. The molecule has 0 unspecified atom stereocenters. The first-order valence-electron chi connectivity index (χ1n) is 9.88. The predicted molar refractivity (Wildman–Crippen MR) is 116 cm³/mol. The Morgan fingerprint density at radius 1 is 1.37 bits per heavy atom. The van der Waals surface area contributed by atoms with E-state index in [2.05, 4.69) is 21.1 Å². The molecule has 0 radical (unpaired) electrons. The highest BCUT2D eigenvalue weighted by molar-refractivity contribution is 7.90. The van der Waals surface area contributed by atoms with Crippen molar-refractivity contribution in [3.8, 4) is 11.4 Å². The van der Waals surface area contributed by atoms with Crippen molar-refractivity contribution >= 4 is 21.7 Å². The van der Waals surface area contributed by atoms with Crippen molar-refractivity contribution in [2.24, 2.45) is 5.16 Å². The van der Waals surface area contributed by atoms with Gasteiger partial charge in [-0.05, 0) is 49.1 Å². The number of aryl methyl sites for hydroxylation is 1. The second-order valence-electron chi connectivity index (χ2n) is 7.78. The topological polar surface area (TPSA) is 86.0 Å². The Hall–Kier alpha value is -2.81. The highest BCUT2D eigenvalue weighted by Crippen LogP contribution is 2.29. The van der Waals surface area contributed by atoms with Crippen molar-refractivity contribution in [3.05, 3.63) is 47.6 Å². The van der Waals surface area contributed by atoms with Crippen molar-refractivity contribution in [1.29, 1.82) is 0 Å². The molecule has 2 aromatic rings. The first-order chi connectivity index (χ1) is 14.3. The fourth-order valence-electron chi connectivity index (χ4n) is 3.96. The van der Waals surface area contributed by atoms with Gasteiger partial charge in [-0.1, -0.05) is 11.2 Å². The van der Waals surface area contributed by atoms with Crippen LogP contribution in [0.3, 0.4) is 0 Å². The number of piperidine rings is 1. The molecule has 9 heteroatoms. The number of ether oxygens (including phenoxy) is 1. The van der Waals surface area contributed by atoms with Crippen LogP contribution in [0, 0.1) is 6.92 Å². The Morgan fingerprint density at radius 3 is 2.90 bits per heavy atom. The lowest BCUT2D eigenvalue weighted by Crippen LogP contribution is -2.51. The molecular weight excluding hydrogens is 404 g/mol. The molecule has 0 bridgehead atoms. The molecule has 1 atom stereocenters. The van der Waals surface area contributed by atoms with E-state index in [4.69, 9.17) is 9.57 Å². The van der Waals surface area contributed by atoms with Crippen LogP contribution in [0.15, 0.2) is 41.5 Å². The number of hydrogen-bond acceptors (Lipinski definition) is 7. The summed E-state index contributed by atoms with van der Waals surface area (Å²) in [6.45, 7) is 3.01. The van der Waals surface area contributed by atoms with Crippen LogP contribution in [0.25, 0.3) is 11.8 Å². The Balaban J connectivity index is 1.63. The third-order valence-electron chi connectivity index (χ3n) is 5.29. The number of sulfone groups is 1. The number of fused-ring (bicyclic) bond motifs is 1. The lowest BCUT2D eigenvalue weighted by molar-refractivity contribution is 0.0659. The van der Waals surface area contributed by atoms with Gasteiger partial charge in [0.2, 0.25) is 0 Å². The largest absolute Gasteiger partial charge is 0.495 e. The quantitative estimate of drug-likeness (QED) is 0.724. The maximum Gasteiger partial charge on any atom is 0.171 e. The number of amidine groups is 1. The Morgan fingerprint density at radius 2 is 2.20 bits per heavy atom. The van der Waals surface area contributed by atoms with Gasteiger partial charge in [-0.2, -0.15) is 0 Å². The molecule has 160 valence electrons. The smallest absolute Gasteiger partial charge is 0.171 e. The number of imidazole rings is 1. The number of methoxy groups -OCH3 is 1. The summed E-state index contributed by atoms with van der Waals surface area (Å²) < 4.78 is 31.2. The lowest BCUT2D eigenvalue weighted by Gasteiger charge is -2.39. The number of benzene rings is 1. The fourth-order valence-corrected chi connectivity index (χ4v) is 4.93. The summed E-state index contributed by atoms with van der Waals surface area (Å²) in [5, 5.41) is 4.26. The van der Waals surface area contributed by atoms with Crippen LogP contribution < -0.4 is 4.74 Å². The predicted octanol–water partition coefficient (Wildman–Crippen LogP) is 2.43. The molecule has 0 aliphatic carbocycles. The molecule has 30 heavy (non-hydrogen) atoms. The molecule has 2 aliphatic rings. The van der Waals surface area contributed by atoms with Gasteiger partial charge in [0.15, 0.2) is 5.84 Å². The summed E-state index contributed by atoms with van der Waals surface area (Å²) in [4.78, 5) is 11.7. The summed E-state index contributed by atoms with van der Waals surface area (Å²) in [5.74, 6) is 1.53. The molecule has 1 fully saturated rings. The van der Waals surface area contributed by atoms with E-state index in [1.54, 1.807) is 13.4 Å².